The second-order valence-corrected chi connectivity index (χ2v) is 5.47. The van der Waals surface area contributed by atoms with E-state index in [0.29, 0.717) is 5.56 Å². The van der Waals surface area contributed by atoms with Gasteiger partial charge in [-0.15, -0.1) is 0 Å². The van der Waals surface area contributed by atoms with Crippen molar-refractivity contribution in [2.75, 3.05) is 0 Å². The molecule has 0 aliphatic rings. The highest BCUT2D eigenvalue weighted by atomic mass is 32.2. The Hall–Kier alpha value is -1.32. The van der Waals surface area contributed by atoms with Crippen LogP contribution in [-0.4, -0.2) is 0 Å². The molecule has 0 unspecified atom stereocenters. The molecule has 0 heterocycles. The maximum absolute atomic E-state index is 13.8. The number of aryl methyl sites for hydroxylation is 1. The third kappa shape index (κ3) is 2.92. The van der Waals surface area contributed by atoms with E-state index in [0.717, 1.165) is 9.79 Å². The molecule has 0 saturated carbocycles. The molecular formula is C15H16FNS. The van der Waals surface area contributed by atoms with E-state index >= 15 is 0 Å². The Morgan fingerprint density at radius 3 is 2.56 bits per heavy atom. The minimum Gasteiger partial charge on any atom is -0.324 e. The van der Waals surface area contributed by atoms with E-state index in [1.54, 1.807) is 24.8 Å². The number of rotatable bonds is 3. The van der Waals surface area contributed by atoms with Crippen LogP contribution in [0.2, 0.25) is 0 Å². The Kier molecular flexibility index (Phi) is 4.04. The lowest BCUT2D eigenvalue weighted by molar-refractivity contribution is 0.585. The van der Waals surface area contributed by atoms with Gasteiger partial charge in [-0.3, -0.25) is 0 Å². The standard InChI is InChI=1S/C15H16FNS/c1-10-5-3-6-12(9-10)18-14-8-4-7-13(16)15(14)11(2)17/h3-9,11H,17H2,1-2H3/t11-/m0/s1. The molecule has 0 radical (unpaired) electrons. The lowest BCUT2D eigenvalue weighted by Gasteiger charge is -2.13. The molecule has 94 valence electrons. The number of halogens is 1. The highest BCUT2D eigenvalue weighted by Gasteiger charge is 2.13. The molecule has 18 heavy (non-hydrogen) atoms. The quantitative estimate of drug-likeness (QED) is 0.891. The van der Waals surface area contributed by atoms with Crippen molar-refractivity contribution in [2.24, 2.45) is 5.73 Å². The summed E-state index contributed by atoms with van der Waals surface area (Å²) in [7, 11) is 0. The van der Waals surface area contributed by atoms with Crippen molar-refractivity contribution in [3.8, 4) is 0 Å². The smallest absolute Gasteiger partial charge is 0.129 e. The van der Waals surface area contributed by atoms with Crippen molar-refractivity contribution in [1.29, 1.82) is 0 Å². The molecule has 1 nitrogen and oxygen atoms in total. The molecule has 2 aromatic carbocycles. The summed E-state index contributed by atoms with van der Waals surface area (Å²) in [5.41, 5.74) is 7.63. The summed E-state index contributed by atoms with van der Waals surface area (Å²) < 4.78 is 13.8. The topological polar surface area (TPSA) is 26.0 Å². The van der Waals surface area contributed by atoms with Crippen LogP contribution in [0.3, 0.4) is 0 Å². The van der Waals surface area contributed by atoms with Gasteiger partial charge in [-0.1, -0.05) is 35.5 Å². The van der Waals surface area contributed by atoms with Crippen LogP contribution in [-0.2, 0) is 0 Å². The molecule has 0 spiro atoms. The molecule has 0 fully saturated rings. The van der Waals surface area contributed by atoms with E-state index in [1.807, 2.05) is 31.2 Å². The highest BCUT2D eigenvalue weighted by molar-refractivity contribution is 7.99. The molecular weight excluding hydrogens is 245 g/mol. The van der Waals surface area contributed by atoms with Gasteiger partial charge in [-0.05, 0) is 38.1 Å². The van der Waals surface area contributed by atoms with Gasteiger partial charge in [0.1, 0.15) is 5.82 Å². The van der Waals surface area contributed by atoms with Crippen molar-refractivity contribution >= 4 is 11.8 Å². The first-order valence-electron chi connectivity index (χ1n) is 5.86. The van der Waals surface area contributed by atoms with Gasteiger partial charge in [0, 0.05) is 21.4 Å². The SMILES string of the molecule is Cc1cccc(Sc2cccc(F)c2[C@H](C)N)c1. The first-order valence-corrected chi connectivity index (χ1v) is 6.68. The van der Waals surface area contributed by atoms with Gasteiger partial charge >= 0.3 is 0 Å². The minimum atomic E-state index is -0.307. The van der Waals surface area contributed by atoms with E-state index in [1.165, 1.54) is 11.6 Å². The van der Waals surface area contributed by atoms with E-state index < -0.39 is 0 Å². The van der Waals surface area contributed by atoms with Gasteiger partial charge in [0.25, 0.3) is 0 Å². The predicted octanol–water partition coefficient (Wildman–Crippen LogP) is 4.31. The van der Waals surface area contributed by atoms with Gasteiger partial charge in [0.05, 0.1) is 0 Å². The first kappa shape index (κ1) is 13.1. The van der Waals surface area contributed by atoms with Crippen molar-refractivity contribution in [3.05, 3.63) is 59.4 Å². The highest BCUT2D eigenvalue weighted by Crippen LogP contribution is 2.34. The fourth-order valence-corrected chi connectivity index (χ4v) is 3.04. The minimum absolute atomic E-state index is 0.234. The van der Waals surface area contributed by atoms with Crippen molar-refractivity contribution in [1.82, 2.24) is 0 Å². The fourth-order valence-electron chi connectivity index (χ4n) is 1.85. The van der Waals surface area contributed by atoms with E-state index in [4.69, 9.17) is 5.73 Å². The van der Waals surface area contributed by atoms with Crippen LogP contribution in [0.15, 0.2) is 52.3 Å². The van der Waals surface area contributed by atoms with Crippen LogP contribution in [0.4, 0.5) is 4.39 Å². The van der Waals surface area contributed by atoms with Crippen LogP contribution < -0.4 is 5.73 Å². The predicted molar refractivity (Wildman–Crippen MR) is 74.3 cm³/mol. The summed E-state index contributed by atoms with van der Waals surface area (Å²) in [6.45, 7) is 3.85. The van der Waals surface area contributed by atoms with Crippen LogP contribution in [0, 0.1) is 12.7 Å². The summed E-state index contributed by atoms with van der Waals surface area (Å²) in [5.74, 6) is -0.234. The molecule has 2 rings (SSSR count). The number of nitrogens with two attached hydrogens (primary N) is 1. The van der Waals surface area contributed by atoms with Crippen LogP contribution in [0.25, 0.3) is 0 Å². The zero-order valence-corrected chi connectivity index (χ0v) is 11.3. The largest absolute Gasteiger partial charge is 0.324 e. The number of benzene rings is 2. The van der Waals surface area contributed by atoms with Crippen LogP contribution in [0.1, 0.15) is 24.1 Å². The molecule has 2 aromatic rings. The van der Waals surface area contributed by atoms with Crippen LogP contribution in [0.5, 0.6) is 0 Å². The molecule has 0 aliphatic heterocycles. The second kappa shape index (κ2) is 5.55. The Morgan fingerprint density at radius 1 is 1.17 bits per heavy atom. The summed E-state index contributed by atoms with van der Waals surface area (Å²) >= 11 is 1.55. The molecule has 0 bridgehead atoms. The Labute approximate surface area is 111 Å². The second-order valence-electron chi connectivity index (χ2n) is 4.36. The average molecular weight is 261 g/mol. The Morgan fingerprint density at radius 2 is 1.89 bits per heavy atom. The van der Waals surface area contributed by atoms with Crippen molar-refractivity contribution in [2.45, 2.75) is 29.7 Å². The zero-order valence-electron chi connectivity index (χ0n) is 10.5. The Bertz CT molecular complexity index is 552. The zero-order chi connectivity index (χ0) is 13.1. The summed E-state index contributed by atoms with van der Waals surface area (Å²) in [5, 5.41) is 0. The molecule has 0 aliphatic carbocycles. The maximum Gasteiger partial charge on any atom is 0.129 e. The lowest BCUT2D eigenvalue weighted by Crippen LogP contribution is -2.08. The molecule has 1 atom stereocenters. The lowest BCUT2D eigenvalue weighted by atomic mass is 10.1. The molecule has 0 aromatic heterocycles. The molecule has 2 N–H and O–H groups in total. The third-order valence-corrected chi connectivity index (χ3v) is 3.75. The van der Waals surface area contributed by atoms with E-state index in [-0.39, 0.29) is 11.9 Å². The van der Waals surface area contributed by atoms with Gasteiger partial charge in [-0.2, -0.15) is 0 Å². The van der Waals surface area contributed by atoms with Crippen molar-refractivity contribution in [3.63, 3.8) is 0 Å². The number of hydrogen-bond donors (Lipinski definition) is 1. The summed E-state index contributed by atoms with van der Waals surface area (Å²) in [6.07, 6.45) is 0. The van der Waals surface area contributed by atoms with Gasteiger partial charge in [-0.25, -0.2) is 4.39 Å². The molecule has 3 heteroatoms. The van der Waals surface area contributed by atoms with Gasteiger partial charge in [0.15, 0.2) is 0 Å². The third-order valence-electron chi connectivity index (χ3n) is 2.69. The van der Waals surface area contributed by atoms with Gasteiger partial charge in [0.2, 0.25) is 0 Å². The first-order chi connectivity index (χ1) is 8.58. The summed E-state index contributed by atoms with van der Waals surface area (Å²) in [6, 6.07) is 12.9. The monoisotopic (exact) mass is 261 g/mol. The normalized spacial score (nSPS) is 12.4. The van der Waals surface area contributed by atoms with Gasteiger partial charge < -0.3 is 5.73 Å². The average Bonchev–Trinajstić information content (AvgIpc) is 2.28. The molecule has 0 saturated heterocycles. The van der Waals surface area contributed by atoms with Crippen LogP contribution >= 0.6 is 11.8 Å². The van der Waals surface area contributed by atoms with Crippen molar-refractivity contribution < 1.29 is 4.39 Å². The molecule has 0 amide bonds. The van der Waals surface area contributed by atoms with E-state index in [2.05, 4.69) is 6.07 Å². The fraction of sp³-hybridized carbons (Fsp3) is 0.200. The number of hydrogen-bond acceptors (Lipinski definition) is 2. The Balaban J connectivity index is 2.37. The maximum atomic E-state index is 13.8. The van der Waals surface area contributed by atoms with E-state index in [9.17, 15) is 4.39 Å². The summed E-state index contributed by atoms with van der Waals surface area (Å²) in [4.78, 5) is 1.98.